The second-order valence-corrected chi connectivity index (χ2v) is 8.08. The van der Waals surface area contributed by atoms with E-state index in [9.17, 15) is 0 Å². The van der Waals surface area contributed by atoms with E-state index < -0.39 is 0 Å². The number of anilines is 2. The first-order valence-electron chi connectivity index (χ1n) is 10.5. The van der Waals surface area contributed by atoms with Gasteiger partial charge in [-0.3, -0.25) is 4.90 Å². The fourth-order valence-corrected chi connectivity index (χ4v) is 4.09. The van der Waals surface area contributed by atoms with E-state index in [1.54, 1.807) is 6.26 Å². The summed E-state index contributed by atoms with van der Waals surface area (Å²) in [6.45, 7) is 5.08. The number of furan rings is 1. The maximum absolute atomic E-state index is 6.34. The van der Waals surface area contributed by atoms with E-state index in [4.69, 9.17) is 26.0 Å². The molecule has 1 N–H and O–H groups in total. The number of nitrogens with zero attached hydrogens (tertiary/aromatic N) is 4. The van der Waals surface area contributed by atoms with Crippen LogP contribution in [0.2, 0.25) is 5.02 Å². The molecular formula is C24H24ClN5O. The molecule has 0 bridgehead atoms. The molecule has 6 nitrogen and oxygen atoms in total. The minimum atomic E-state index is 0.582. The van der Waals surface area contributed by atoms with Crippen LogP contribution in [-0.2, 0) is 13.1 Å². The molecule has 7 heteroatoms. The molecule has 158 valence electrons. The molecule has 0 radical (unpaired) electrons. The van der Waals surface area contributed by atoms with Crippen LogP contribution in [0.4, 0.5) is 11.8 Å². The van der Waals surface area contributed by atoms with Crippen LogP contribution < -0.4 is 10.2 Å². The highest BCUT2D eigenvalue weighted by molar-refractivity contribution is 6.31. The third-order valence-corrected chi connectivity index (χ3v) is 5.98. The van der Waals surface area contributed by atoms with Crippen molar-refractivity contribution < 1.29 is 4.42 Å². The van der Waals surface area contributed by atoms with Gasteiger partial charge in [0.1, 0.15) is 11.6 Å². The van der Waals surface area contributed by atoms with E-state index in [1.807, 2.05) is 54.6 Å². The number of hydrogen-bond donors (Lipinski definition) is 1. The van der Waals surface area contributed by atoms with Gasteiger partial charge in [0.2, 0.25) is 5.95 Å². The summed E-state index contributed by atoms with van der Waals surface area (Å²) >= 11 is 6.34. The van der Waals surface area contributed by atoms with Crippen LogP contribution in [0.1, 0.15) is 11.3 Å². The molecule has 2 aromatic carbocycles. The second-order valence-electron chi connectivity index (χ2n) is 7.68. The van der Waals surface area contributed by atoms with Gasteiger partial charge in [0.15, 0.2) is 0 Å². The summed E-state index contributed by atoms with van der Waals surface area (Å²) in [5, 5.41) is 5.26. The molecule has 0 amide bonds. The monoisotopic (exact) mass is 433 g/mol. The van der Waals surface area contributed by atoms with E-state index >= 15 is 0 Å². The highest BCUT2D eigenvalue weighted by Crippen LogP contribution is 2.25. The Morgan fingerprint density at radius 3 is 2.52 bits per heavy atom. The standard InChI is InChI=1S/C24H24ClN5O/c25-21-9-3-1-6-18(21)17-29-11-13-30(14-12-29)24-27-22-10-4-2-8-20(22)23(28-24)26-16-19-7-5-15-31-19/h1-10,15H,11-14,16-17H2,(H,26,27,28). The fraction of sp³-hybridized carbons (Fsp3) is 0.250. The summed E-state index contributed by atoms with van der Waals surface area (Å²) in [4.78, 5) is 14.4. The Kier molecular flexibility index (Phi) is 5.74. The zero-order chi connectivity index (χ0) is 21.0. The van der Waals surface area contributed by atoms with Gasteiger partial charge in [0.05, 0.1) is 18.3 Å². The molecular weight excluding hydrogens is 410 g/mol. The topological polar surface area (TPSA) is 57.4 Å². The maximum atomic E-state index is 6.34. The molecule has 1 saturated heterocycles. The Morgan fingerprint density at radius 2 is 1.71 bits per heavy atom. The Hall–Kier alpha value is -3.09. The average Bonchev–Trinajstić information content (AvgIpc) is 3.33. The van der Waals surface area contributed by atoms with E-state index in [-0.39, 0.29) is 0 Å². The minimum absolute atomic E-state index is 0.582. The molecule has 2 aromatic heterocycles. The molecule has 0 atom stereocenters. The summed E-state index contributed by atoms with van der Waals surface area (Å²) in [6, 6.07) is 20.0. The van der Waals surface area contributed by atoms with Crippen molar-refractivity contribution in [3.63, 3.8) is 0 Å². The lowest BCUT2D eigenvalue weighted by atomic mass is 10.2. The first-order valence-corrected chi connectivity index (χ1v) is 10.9. The Morgan fingerprint density at radius 1 is 0.903 bits per heavy atom. The molecule has 1 aliphatic heterocycles. The lowest BCUT2D eigenvalue weighted by molar-refractivity contribution is 0.249. The second kappa shape index (κ2) is 8.96. The highest BCUT2D eigenvalue weighted by atomic mass is 35.5. The maximum Gasteiger partial charge on any atom is 0.227 e. The van der Waals surface area contributed by atoms with Gasteiger partial charge in [-0.2, -0.15) is 4.98 Å². The quantitative estimate of drug-likeness (QED) is 0.471. The number of para-hydroxylation sites is 1. The summed E-state index contributed by atoms with van der Waals surface area (Å²) in [6.07, 6.45) is 1.68. The number of fused-ring (bicyclic) bond motifs is 1. The third kappa shape index (κ3) is 4.50. The van der Waals surface area contributed by atoms with Gasteiger partial charge in [-0.1, -0.05) is 41.9 Å². The van der Waals surface area contributed by atoms with Crippen LogP contribution in [0.5, 0.6) is 0 Å². The lowest BCUT2D eigenvalue weighted by Crippen LogP contribution is -2.46. The molecule has 0 spiro atoms. The number of rotatable bonds is 6. The smallest absolute Gasteiger partial charge is 0.227 e. The Balaban J connectivity index is 1.31. The number of halogens is 1. The normalized spacial score (nSPS) is 14.8. The van der Waals surface area contributed by atoms with Gasteiger partial charge in [-0.05, 0) is 35.9 Å². The van der Waals surface area contributed by atoms with Crippen LogP contribution in [0.3, 0.4) is 0 Å². The van der Waals surface area contributed by atoms with Crippen LogP contribution >= 0.6 is 11.6 Å². The fourth-order valence-electron chi connectivity index (χ4n) is 3.90. The molecule has 1 aliphatic rings. The number of aromatic nitrogens is 2. The molecule has 4 aromatic rings. The number of piperazine rings is 1. The summed E-state index contributed by atoms with van der Waals surface area (Å²) < 4.78 is 5.45. The number of hydrogen-bond acceptors (Lipinski definition) is 6. The minimum Gasteiger partial charge on any atom is -0.467 e. The van der Waals surface area contributed by atoms with Gasteiger partial charge in [-0.25, -0.2) is 4.98 Å². The molecule has 0 aliphatic carbocycles. The van der Waals surface area contributed by atoms with Crippen molar-refractivity contribution in [2.45, 2.75) is 13.1 Å². The van der Waals surface area contributed by atoms with Crippen molar-refractivity contribution in [3.05, 3.63) is 83.3 Å². The Bertz CT molecular complexity index is 1160. The van der Waals surface area contributed by atoms with Gasteiger partial charge < -0.3 is 14.6 Å². The molecule has 0 unspecified atom stereocenters. The van der Waals surface area contributed by atoms with Crippen LogP contribution in [0.25, 0.3) is 10.9 Å². The van der Waals surface area contributed by atoms with Crippen molar-refractivity contribution >= 4 is 34.3 Å². The van der Waals surface area contributed by atoms with E-state index in [2.05, 4.69) is 21.2 Å². The van der Waals surface area contributed by atoms with Gasteiger partial charge >= 0.3 is 0 Å². The molecule has 3 heterocycles. The summed E-state index contributed by atoms with van der Waals surface area (Å²) in [7, 11) is 0. The molecule has 5 rings (SSSR count). The van der Waals surface area contributed by atoms with Crippen LogP contribution in [0.15, 0.2) is 71.3 Å². The Labute approximate surface area is 186 Å². The van der Waals surface area contributed by atoms with Crippen molar-refractivity contribution in [2.75, 3.05) is 36.4 Å². The van der Waals surface area contributed by atoms with Crippen LogP contribution in [-0.4, -0.2) is 41.0 Å². The average molecular weight is 434 g/mol. The van der Waals surface area contributed by atoms with E-state index in [0.717, 1.165) is 66.2 Å². The van der Waals surface area contributed by atoms with Crippen LogP contribution in [0, 0.1) is 0 Å². The number of nitrogens with one attached hydrogen (secondary N) is 1. The largest absolute Gasteiger partial charge is 0.467 e. The zero-order valence-electron chi connectivity index (χ0n) is 17.2. The highest BCUT2D eigenvalue weighted by Gasteiger charge is 2.21. The summed E-state index contributed by atoms with van der Waals surface area (Å²) in [5.41, 5.74) is 2.11. The van der Waals surface area contributed by atoms with E-state index in [1.165, 1.54) is 5.56 Å². The molecule has 0 saturated carbocycles. The SMILES string of the molecule is Clc1ccccc1CN1CCN(c2nc(NCc3ccco3)c3ccccc3n2)CC1. The predicted molar refractivity (Wildman–Crippen MR) is 125 cm³/mol. The molecule has 1 fully saturated rings. The van der Waals surface area contributed by atoms with Gasteiger partial charge in [-0.15, -0.1) is 0 Å². The third-order valence-electron chi connectivity index (χ3n) is 5.61. The first-order chi connectivity index (χ1) is 15.3. The number of benzene rings is 2. The zero-order valence-corrected chi connectivity index (χ0v) is 17.9. The van der Waals surface area contributed by atoms with Gasteiger partial charge in [0, 0.05) is 43.1 Å². The van der Waals surface area contributed by atoms with Crippen molar-refractivity contribution in [3.8, 4) is 0 Å². The summed E-state index contributed by atoms with van der Waals surface area (Å²) in [5.74, 6) is 2.46. The van der Waals surface area contributed by atoms with E-state index in [0.29, 0.717) is 6.54 Å². The lowest BCUT2D eigenvalue weighted by Gasteiger charge is -2.35. The van der Waals surface area contributed by atoms with Crippen molar-refractivity contribution in [1.29, 1.82) is 0 Å². The van der Waals surface area contributed by atoms with Gasteiger partial charge in [0.25, 0.3) is 0 Å². The predicted octanol–water partition coefficient (Wildman–Crippen LogP) is 4.81. The first kappa shape index (κ1) is 19.8. The molecule has 31 heavy (non-hydrogen) atoms. The van der Waals surface area contributed by atoms with Crippen molar-refractivity contribution in [2.24, 2.45) is 0 Å². The van der Waals surface area contributed by atoms with Crippen molar-refractivity contribution in [1.82, 2.24) is 14.9 Å².